The number of nitrogens with one attached hydrogen (secondary N) is 2. The van der Waals surface area contributed by atoms with Gasteiger partial charge < -0.3 is 10.6 Å². The Morgan fingerprint density at radius 3 is 2.67 bits per heavy atom. The van der Waals surface area contributed by atoms with Gasteiger partial charge in [0.1, 0.15) is 0 Å². The molecule has 0 aliphatic rings. The van der Waals surface area contributed by atoms with Crippen molar-refractivity contribution >= 4 is 53.1 Å². The maximum Gasteiger partial charge on any atom is 0.191 e. The van der Waals surface area contributed by atoms with E-state index in [0.717, 1.165) is 29.3 Å². The smallest absolute Gasteiger partial charge is 0.191 e. The van der Waals surface area contributed by atoms with E-state index in [1.807, 2.05) is 38.1 Å². The number of aromatic nitrogens is 1. The summed E-state index contributed by atoms with van der Waals surface area (Å²) < 4.78 is 0. The molecule has 0 aliphatic carbocycles. The van der Waals surface area contributed by atoms with Gasteiger partial charge in [-0.25, -0.2) is 4.99 Å². The van der Waals surface area contributed by atoms with Gasteiger partial charge in [-0.3, -0.25) is 4.98 Å². The number of aryl methyl sites for hydroxylation is 1. The fourth-order valence-corrected chi connectivity index (χ4v) is 2.50. The van der Waals surface area contributed by atoms with Crippen molar-refractivity contribution in [3.63, 3.8) is 0 Å². The molecule has 24 heavy (non-hydrogen) atoms. The second-order valence-electron chi connectivity index (χ2n) is 5.05. The van der Waals surface area contributed by atoms with Crippen LogP contribution in [0.15, 0.2) is 41.5 Å². The van der Waals surface area contributed by atoms with Gasteiger partial charge in [-0.05, 0) is 43.2 Å². The Labute approximate surface area is 170 Å². The molecule has 0 radical (unpaired) electrons. The normalized spacial score (nSPS) is 10.9. The summed E-state index contributed by atoms with van der Waals surface area (Å²) in [6.07, 6.45) is 1.79. The van der Waals surface area contributed by atoms with E-state index >= 15 is 0 Å². The number of halogens is 3. The van der Waals surface area contributed by atoms with Gasteiger partial charge in [-0.2, -0.15) is 0 Å². The highest BCUT2D eigenvalue weighted by atomic mass is 127. The lowest BCUT2D eigenvalue weighted by Crippen LogP contribution is -2.37. The van der Waals surface area contributed by atoms with Crippen LogP contribution < -0.4 is 10.6 Å². The van der Waals surface area contributed by atoms with E-state index in [4.69, 9.17) is 23.2 Å². The van der Waals surface area contributed by atoms with Gasteiger partial charge in [0.05, 0.1) is 18.8 Å². The van der Waals surface area contributed by atoms with Crippen LogP contribution in [-0.2, 0) is 13.1 Å². The van der Waals surface area contributed by atoms with Crippen molar-refractivity contribution in [3.8, 4) is 0 Å². The van der Waals surface area contributed by atoms with Gasteiger partial charge in [0, 0.05) is 22.8 Å². The van der Waals surface area contributed by atoms with Crippen molar-refractivity contribution in [2.45, 2.75) is 26.9 Å². The number of nitrogens with zero attached hydrogens (tertiary/aromatic N) is 2. The van der Waals surface area contributed by atoms with Gasteiger partial charge in [0.25, 0.3) is 0 Å². The summed E-state index contributed by atoms with van der Waals surface area (Å²) in [5.74, 6) is 0.726. The van der Waals surface area contributed by atoms with Gasteiger partial charge in [-0.15, -0.1) is 24.0 Å². The van der Waals surface area contributed by atoms with Crippen LogP contribution in [0.3, 0.4) is 0 Å². The molecular formula is C17H21Cl2IN4. The Kier molecular flexibility index (Phi) is 9.39. The van der Waals surface area contributed by atoms with E-state index in [1.165, 1.54) is 0 Å². The number of hydrogen-bond donors (Lipinski definition) is 2. The Balaban J connectivity index is 0.00000288. The summed E-state index contributed by atoms with van der Waals surface area (Å²) in [6.45, 7) is 5.95. The second kappa shape index (κ2) is 10.7. The van der Waals surface area contributed by atoms with Crippen molar-refractivity contribution in [2.75, 3.05) is 6.54 Å². The second-order valence-corrected chi connectivity index (χ2v) is 5.90. The molecule has 2 aromatic rings. The molecule has 0 atom stereocenters. The molecule has 4 nitrogen and oxygen atoms in total. The molecule has 0 spiro atoms. The number of guanidine groups is 1. The maximum absolute atomic E-state index is 6.18. The van der Waals surface area contributed by atoms with Gasteiger partial charge in [0.2, 0.25) is 0 Å². The fourth-order valence-electron chi connectivity index (χ4n) is 2.03. The third-order valence-electron chi connectivity index (χ3n) is 3.31. The summed E-state index contributed by atoms with van der Waals surface area (Å²) >= 11 is 12.1. The summed E-state index contributed by atoms with van der Waals surface area (Å²) in [7, 11) is 0. The summed E-state index contributed by atoms with van der Waals surface area (Å²) in [4.78, 5) is 8.93. The Morgan fingerprint density at radius 2 is 2.00 bits per heavy atom. The monoisotopic (exact) mass is 478 g/mol. The standard InChI is InChI=1S/C17H20Cl2N4.HI/c1-3-20-17(23-11-16-12(2)5-4-8-21-16)22-10-13-6-7-14(18)9-15(13)19;/h4-9H,3,10-11H2,1-2H3,(H2,20,22,23);1H. The molecule has 0 bridgehead atoms. The van der Waals surface area contributed by atoms with E-state index in [9.17, 15) is 0 Å². The zero-order valence-corrected chi connectivity index (χ0v) is 17.5. The van der Waals surface area contributed by atoms with Crippen LogP contribution in [0.5, 0.6) is 0 Å². The largest absolute Gasteiger partial charge is 0.357 e. The first kappa shape index (κ1) is 21.0. The van der Waals surface area contributed by atoms with Gasteiger partial charge in [0.15, 0.2) is 5.96 Å². The molecule has 0 aliphatic heterocycles. The molecular weight excluding hydrogens is 458 g/mol. The average Bonchev–Trinajstić information content (AvgIpc) is 2.53. The molecule has 7 heteroatoms. The highest BCUT2D eigenvalue weighted by Gasteiger charge is 2.04. The lowest BCUT2D eigenvalue weighted by atomic mass is 10.2. The molecule has 0 fully saturated rings. The highest BCUT2D eigenvalue weighted by Crippen LogP contribution is 2.21. The number of hydrogen-bond acceptors (Lipinski definition) is 2. The van der Waals surface area contributed by atoms with Crippen molar-refractivity contribution in [1.82, 2.24) is 15.6 Å². The quantitative estimate of drug-likeness (QED) is 0.376. The van der Waals surface area contributed by atoms with Gasteiger partial charge in [-0.1, -0.05) is 35.3 Å². The van der Waals surface area contributed by atoms with Crippen LogP contribution in [0.1, 0.15) is 23.7 Å². The van der Waals surface area contributed by atoms with Crippen molar-refractivity contribution in [3.05, 3.63) is 63.4 Å². The highest BCUT2D eigenvalue weighted by molar-refractivity contribution is 14.0. The zero-order valence-electron chi connectivity index (χ0n) is 13.6. The SMILES string of the molecule is CCNC(=NCc1ccc(Cl)cc1Cl)NCc1ncccc1C.I. The first-order valence-corrected chi connectivity index (χ1v) is 8.22. The van der Waals surface area contributed by atoms with Crippen molar-refractivity contribution in [2.24, 2.45) is 4.99 Å². The van der Waals surface area contributed by atoms with Crippen LogP contribution in [-0.4, -0.2) is 17.5 Å². The Bertz CT molecular complexity index is 692. The van der Waals surface area contributed by atoms with Crippen molar-refractivity contribution in [1.29, 1.82) is 0 Å². The predicted octanol–water partition coefficient (Wildman–Crippen LogP) is 4.57. The van der Waals surface area contributed by atoms with Crippen LogP contribution in [0, 0.1) is 6.92 Å². The molecule has 0 unspecified atom stereocenters. The molecule has 2 rings (SSSR count). The fraction of sp³-hybridized carbons (Fsp3) is 0.294. The molecule has 0 saturated heterocycles. The van der Waals surface area contributed by atoms with E-state index in [0.29, 0.717) is 23.1 Å². The number of aliphatic imine (C=N–C) groups is 1. The predicted molar refractivity (Wildman–Crippen MR) is 113 cm³/mol. The summed E-state index contributed by atoms with van der Waals surface area (Å²) in [5, 5.41) is 7.75. The Morgan fingerprint density at radius 1 is 1.21 bits per heavy atom. The van der Waals surface area contributed by atoms with E-state index < -0.39 is 0 Å². The third kappa shape index (κ3) is 6.45. The molecule has 1 heterocycles. The topological polar surface area (TPSA) is 49.3 Å². The number of rotatable bonds is 5. The van der Waals surface area contributed by atoms with E-state index in [2.05, 4.69) is 20.6 Å². The van der Waals surface area contributed by atoms with Gasteiger partial charge >= 0.3 is 0 Å². The molecule has 0 amide bonds. The first-order chi connectivity index (χ1) is 11.1. The van der Waals surface area contributed by atoms with E-state index in [1.54, 1.807) is 12.3 Å². The summed E-state index contributed by atoms with van der Waals surface area (Å²) in [6, 6.07) is 9.41. The molecule has 1 aromatic heterocycles. The minimum absolute atomic E-state index is 0. The number of benzene rings is 1. The third-order valence-corrected chi connectivity index (χ3v) is 3.89. The minimum atomic E-state index is 0. The van der Waals surface area contributed by atoms with Crippen LogP contribution in [0.25, 0.3) is 0 Å². The lowest BCUT2D eigenvalue weighted by Gasteiger charge is -2.12. The van der Waals surface area contributed by atoms with Crippen molar-refractivity contribution < 1.29 is 0 Å². The maximum atomic E-state index is 6.18. The molecule has 2 N–H and O–H groups in total. The van der Waals surface area contributed by atoms with Crippen LogP contribution in [0.2, 0.25) is 10.0 Å². The average molecular weight is 479 g/mol. The molecule has 130 valence electrons. The Hall–Kier alpha value is -1.05. The summed E-state index contributed by atoms with van der Waals surface area (Å²) in [5.41, 5.74) is 3.08. The van der Waals surface area contributed by atoms with Crippen LogP contribution in [0.4, 0.5) is 0 Å². The lowest BCUT2D eigenvalue weighted by molar-refractivity contribution is 0.794. The molecule has 1 aromatic carbocycles. The zero-order chi connectivity index (χ0) is 16.7. The number of pyridine rings is 1. The minimum Gasteiger partial charge on any atom is -0.357 e. The van der Waals surface area contributed by atoms with Crippen LogP contribution >= 0.6 is 47.2 Å². The molecule has 0 saturated carbocycles. The van der Waals surface area contributed by atoms with E-state index in [-0.39, 0.29) is 24.0 Å². The first-order valence-electron chi connectivity index (χ1n) is 7.46.